The third-order valence-electron chi connectivity index (χ3n) is 4.59. The highest BCUT2D eigenvalue weighted by molar-refractivity contribution is 7.17. The monoisotopic (exact) mass is 408 g/mol. The van der Waals surface area contributed by atoms with Crippen molar-refractivity contribution in [3.8, 4) is 22.8 Å². The van der Waals surface area contributed by atoms with Gasteiger partial charge in [-0.3, -0.25) is 4.79 Å². The van der Waals surface area contributed by atoms with Gasteiger partial charge in [0.2, 0.25) is 0 Å². The number of fused-ring (bicyclic) bond motifs is 1. The fourth-order valence-corrected chi connectivity index (χ4v) is 4.41. The number of aryl methyl sites for hydroxylation is 1. The maximum atomic E-state index is 12.8. The van der Waals surface area contributed by atoms with E-state index in [4.69, 9.17) is 13.8 Å². The molecule has 0 aliphatic carbocycles. The molecule has 4 heterocycles. The van der Waals surface area contributed by atoms with E-state index in [1.54, 1.807) is 13.0 Å². The van der Waals surface area contributed by atoms with E-state index in [2.05, 4.69) is 20.6 Å². The lowest BCUT2D eigenvalue weighted by Gasteiger charge is -2.12. The number of hydrogen-bond acceptors (Lipinski definition) is 8. The van der Waals surface area contributed by atoms with Gasteiger partial charge in [-0.05, 0) is 18.9 Å². The summed E-state index contributed by atoms with van der Waals surface area (Å²) in [5, 5.41) is 11.4. The van der Waals surface area contributed by atoms with Gasteiger partial charge in [-0.1, -0.05) is 40.6 Å². The van der Waals surface area contributed by atoms with Gasteiger partial charge in [0.15, 0.2) is 17.3 Å². The first kappa shape index (κ1) is 17.8. The van der Waals surface area contributed by atoms with Gasteiger partial charge in [-0.15, -0.1) is 11.3 Å². The van der Waals surface area contributed by atoms with E-state index in [0.717, 1.165) is 28.0 Å². The largest absolute Gasteiger partial charge is 0.376 e. The highest BCUT2D eigenvalue weighted by atomic mass is 32.1. The van der Waals surface area contributed by atoms with Crippen LogP contribution in [-0.2, 0) is 17.8 Å². The Bertz CT molecular complexity index is 1180. The summed E-state index contributed by atoms with van der Waals surface area (Å²) in [4.78, 5) is 18.2. The Morgan fingerprint density at radius 1 is 1.17 bits per heavy atom. The number of amides is 1. The molecular formula is C20H16N4O4S. The van der Waals surface area contributed by atoms with Crippen molar-refractivity contribution in [2.45, 2.75) is 20.0 Å². The molecule has 1 amide bonds. The molecule has 1 aliphatic rings. The van der Waals surface area contributed by atoms with Crippen molar-refractivity contribution in [1.82, 2.24) is 15.3 Å². The third kappa shape index (κ3) is 3.34. The first-order valence-electron chi connectivity index (χ1n) is 9.05. The molecule has 0 fully saturated rings. The molecule has 3 aromatic heterocycles. The molecule has 0 radical (unpaired) electrons. The number of hydrogen-bond donors (Lipinski definition) is 1. The van der Waals surface area contributed by atoms with Crippen LogP contribution in [0.3, 0.4) is 0 Å². The molecule has 0 bridgehead atoms. The Hall–Kier alpha value is -3.30. The quantitative estimate of drug-likeness (QED) is 0.542. The van der Waals surface area contributed by atoms with Gasteiger partial charge in [-0.2, -0.15) is 4.98 Å². The van der Waals surface area contributed by atoms with Gasteiger partial charge >= 0.3 is 0 Å². The molecule has 1 aromatic carbocycles. The van der Waals surface area contributed by atoms with Crippen molar-refractivity contribution < 1.29 is 18.6 Å². The van der Waals surface area contributed by atoms with Crippen molar-refractivity contribution in [2.75, 3.05) is 11.9 Å². The summed E-state index contributed by atoms with van der Waals surface area (Å²) in [6, 6.07) is 11.1. The number of rotatable bonds is 4. The Morgan fingerprint density at radius 3 is 2.83 bits per heavy atom. The number of aromatic nitrogens is 3. The Balaban J connectivity index is 1.47. The number of carbonyl (C=O) groups is 1. The molecule has 29 heavy (non-hydrogen) atoms. The molecule has 0 saturated carbocycles. The Morgan fingerprint density at radius 2 is 2.03 bits per heavy atom. The van der Waals surface area contributed by atoms with Crippen LogP contribution in [0.5, 0.6) is 0 Å². The van der Waals surface area contributed by atoms with Gasteiger partial charge < -0.3 is 19.1 Å². The molecule has 0 saturated heterocycles. The molecule has 1 N–H and O–H groups in total. The zero-order chi connectivity index (χ0) is 19.8. The molecule has 0 spiro atoms. The predicted molar refractivity (Wildman–Crippen MR) is 106 cm³/mol. The van der Waals surface area contributed by atoms with Gasteiger partial charge in [0, 0.05) is 16.5 Å². The smallest absolute Gasteiger partial charge is 0.278 e. The van der Waals surface area contributed by atoms with E-state index in [1.165, 1.54) is 11.3 Å². The molecular weight excluding hydrogens is 392 g/mol. The number of nitrogens with zero attached hydrogens (tertiary/aromatic N) is 3. The summed E-state index contributed by atoms with van der Waals surface area (Å²) in [5.41, 5.74) is 2.88. The van der Waals surface area contributed by atoms with E-state index in [9.17, 15) is 4.79 Å². The van der Waals surface area contributed by atoms with Crippen LogP contribution in [0, 0.1) is 6.92 Å². The summed E-state index contributed by atoms with van der Waals surface area (Å²) < 4.78 is 16.3. The summed E-state index contributed by atoms with van der Waals surface area (Å²) in [6.07, 6.45) is 0.723. The normalized spacial score (nSPS) is 13.3. The second-order valence-electron chi connectivity index (χ2n) is 6.55. The van der Waals surface area contributed by atoms with Crippen molar-refractivity contribution in [1.29, 1.82) is 0 Å². The number of nitrogens with one attached hydrogen (secondary N) is 1. The summed E-state index contributed by atoms with van der Waals surface area (Å²) in [5.74, 6) is 1.09. The summed E-state index contributed by atoms with van der Waals surface area (Å²) >= 11 is 1.45. The first-order chi connectivity index (χ1) is 14.2. The number of thiophene rings is 1. The summed E-state index contributed by atoms with van der Waals surface area (Å²) in [6.45, 7) is 2.87. The maximum Gasteiger partial charge on any atom is 0.278 e. The van der Waals surface area contributed by atoms with Gasteiger partial charge in [0.05, 0.1) is 18.8 Å². The van der Waals surface area contributed by atoms with E-state index in [0.29, 0.717) is 35.7 Å². The maximum absolute atomic E-state index is 12.8. The average molecular weight is 408 g/mol. The minimum absolute atomic E-state index is 0.194. The zero-order valence-corrected chi connectivity index (χ0v) is 16.3. The molecule has 9 heteroatoms. The molecule has 146 valence electrons. The Kier molecular flexibility index (Phi) is 4.45. The Labute approximate surface area is 169 Å². The van der Waals surface area contributed by atoms with Crippen molar-refractivity contribution in [3.63, 3.8) is 0 Å². The second kappa shape index (κ2) is 7.26. The van der Waals surface area contributed by atoms with Crippen LogP contribution in [0.1, 0.15) is 26.8 Å². The minimum Gasteiger partial charge on any atom is -0.376 e. The van der Waals surface area contributed by atoms with Crippen molar-refractivity contribution >= 4 is 22.2 Å². The van der Waals surface area contributed by atoms with Crippen molar-refractivity contribution in [2.24, 2.45) is 0 Å². The number of benzene rings is 1. The van der Waals surface area contributed by atoms with Crippen LogP contribution >= 0.6 is 11.3 Å². The molecule has 0 unspecified atom stereocenters. The second-order valence-corrected chi connectivity index (χ2v) is 7.66. The van der Waals surface area contributed by atoms with Gasteiger partial charge in [0.1, 0.15) is 5.00 Å². The number of anilines is 1. The third-order valence-corrected chi connectivity index (χ3v) is 5.71. The average Bonchev–Trinajstić information content (AvgIpc) is 3.46. The van der Waals surface area contributed by atoms with Crippen LogP contribution in [0.15, 0.2) is 45.4 Å². The lowest BCUT2D eigenvalue weighted by Crippen LogP contribution is -2.12. The van der Waals surface area contributed by atoms with Crippen LogP contribution in [-0.4, -0.2) is 27.8 Å². The lowest BCUT2D eigenvalue weighted by molar-refractivity contribution is 0.101. The molecule has 5 rings (SSSR count). The standard InChI is InChI=1S/C20H16N4O4S/c1-11-21-19(28-23-11)17-13-7-8-26-10-16(13)29-20(17)22-18(25)14-9-15(27-24-14)12-5-3-2-4-6-12/h2-6,9H,7-8,10H2,1H3,(H,22,25). The van der Waals surface area contributed by atoms with E-state index >= 15 is 0 Å². The zero-order valence-electron chi connectivity index (χ0n) is 15.5. The topological polar surface area (TPSA) is 103 Å². The number of ether oxygens (including phenoxy) is 1. The van der Waals surface area contributed by atoms with Crippen LogP contribution in [0.4, 0.5) is 5.00 Å². The van der Waals surface area contributed by atoms with E-state index in [1.807, 2.05) is 30.3 Å². The van der Waals surface area contributed by atoms with Gasteiger partial charge in [-0.25, -0.2) is 0 Å². The van der Waals surface area contributed by atoms with Crippen LogP contribution in [0.25, 0.3) is 22.8 Å². The molecule has 0 atom stereocenters. The summed E-state index contributed by atoms with van der Waals surface area (Å²) in [7, 11) is 0. The highest BCUT2D eigenvalue weighted by Gasteiger charge is 2.27. The van der Waals surface area contributed by atoms with E-state index < -0.39 is 0 Å². The SMILES string of the molecule is Cc1noc(-c2c(NC(=O)c3cc(-c4ccccc4)on3)sc3c2CCOC3)n1. The molecule has 4 aromatic rings. The van der Waals surface area contributed by atoms with E-state index in [-0.39, 0.29) is 11.6 Å². The van der Waals surface area contributed by atoms with Crippen molar-refractivity contribution in [3.05, 3.63) is 58.4 Å². The fourth-order valence-electron chi connectivity index (χ4n) is 3.23. The molecule has 1 aliphatic heterocycles. The highest BCUT2D eigenvalue weighted by Crippen LogP contribution is 2.42. The van der Waals surface area contributed by atoms with Crippen LogP contribution < -0.4 is 5.32 Å². The first-order valence-corrected chi connectivity index (χ1v) is 9.87. The molecule has 8 nitrogen and oxygen atoms in total. The minimum atomic E-state index is -0.368. The fraction of sp³-hybridized carbons (Fsp3) is 0.200. The lowest BCUT2D eigenvalue weighted by atomic mass is 10.1. The van der Waals surface area contributed by atoms with Gasteiger partial charge in [0.25, 0.3) is 11.8 Å². The predicted octanol–water partition coefficient (Wildman–Crippen LogP) is 4.09. The van der Waals surface area contributed by atoms with Crippen LogP contribution in [0.2, 0.25) is 0 Å². The number of carbonyl (C=O) groups excluding carboxylic acids is 1.